The van der Waals surface area contributed by atoms with Gasteiger partial charge in [0.1, 0.15) is 0 Å². The van der Waals surface area contributed by atoms with Crippen molar-refractivity contribution in [2.45, 2.75) is 26.2 Å². The third-order valence-electron chi connectivity index (χ3n) is 1.90. The van der Waals surface area contributed by atoms with Crippen LogP contribution in [-0.4, -0.2) is 13.2 Å². The topological polar surface area (TPSA) is 52.4 Å². The molecule has 0 aliphatic carbocycles. The molecule has 0 unspecified atom stereocenters. The van der Waals surface area contributed by atoms with Gasteiger partial charge < -0.3 is 4.43 Å². The van der Waals surface area contributed by atoms with Crippen molar-refractivity contribution >= 4 is 25.6 Å². The van der Waals surface area contributed by atoms with Gasteiger partial charge in [0, 0.05) is 11.1 Å². The largest absolute Gasteiger partial charge is 0.413 e. The first kappa shape index (κ1) is 13.2. The van der Waals surface area contributed by atoms with Crippen LogP contribution in [0.25, 0.3) is 0 Å². The average molecular weight is 260 g/mol. The summed E-state index contributed by atoms with van der Waals surface area (Å²) in [6, 6.07) is 4.63. The lowest BCUT2D eigenvalue weighted by Gasteiger charge is -2.17. The second kappa shape index (κ2) is 4.95. The number of nitro groups is 1. The minimum absolute atomic E-state index is 0.0192. The summed E-state index contributed by atoms with van der Waals surface area (Å²) in [6.07, 6.45) is 0. The fourth-order valence-corrected chi connectivity index (χ4v) is 1.88. The molecule has 1 aromatic carbocycles. The Morgan fingerprint density at radius 3 is 2.56 bits per heavy atom. The van der Waals surface area contributed by atoms with E-state index in [9.17, 15) is 10.1 Å². The van der Waals surface area contributed by atoms with Crippen molar-refractivity contribution in [3.05, 3.63) is 38.9 Å². The molecular weight excluding hydrogens is 246 g/mol. The van der Waals surface area contributed by atoms with Gasteiger partial charge in [-0.05, 0) is 31.8 Å². The summed E-state index contributed by atoms with van der Waals surface area (Å²) in [6.45, 7) is 6.38. The summed E-state index contributed by atoms with van der Waals surface area (Å²) in [5.41, 5.74) is 0.586. The zero-order valence-corrected chi connectivity index (χ0v) is 11.2. The van der Waals surface area contributed by atoms with Gasteiger partial charge in [-0.2, -0.15) is 0 Å². The molecule has 0 bridgehead atoms. The van der Waals surface area contributed by atoms with E-state index in [0.717, 1.165) is 0 Å². The van der Waals surface area contributed by atoms with Crippen LogP contribution >= 0.6 is 11.6 Å². The van der Waals surface area contributed by atoms with Crippen molar-refractivity contribution in [3.8, 4) is 0 Å². The first-order chi connectivity index (χ1) is 7.29. The van der Waals surface area contributed by atoms with Gasteiger partial charge in [-0.25, -0.2) is 0 Å². The van der Waals surface area contributed by atoms with E-state index in [2.05, 4.69) is 0 Å². The molecule has 0 fully saturated rings. The zero-order chi connectivity index (χ0) is 12.3. The highest BCUT2D eigenvalue weighted by Crippen LogP contribution is 2.24. The predicted molar refractivity (Wildman–Crippen MR) is 66.2 cm³/mol. The molecule has 0 atom stereocenters. The standard InChI is InChI=1S/C10H14ClNO3Si/c1-16(2,3)15-7-8-4-5-9(11)6-10(8)12(13)14/h4-6H,7H2,1-3H3. The van der Waals surface area contributed by atoms with Crippen molar-refractivity contribution in [2.75, 3.05) is 0 Å². The van der Waals surface area contributed by atoms with Gasteiger partial charge in [0.25, 0.3) is 5.69 Å². The van der Waals surface area contributed by atoms with Crippen LogP contribution < -0.4 is 0 Å². The van der Waals surface area contributed by atoms with Gasteiger partial charge in [0.15, 0.2) is 8.32 Å². The van der Waals surface area contributed by atoms with Gasteiger partial charge in [-0.15, -0.1) is 0 Å². The van der Waals surface area contributed by atoms with E-state index in [1.807, 2.05) is 19.6 Å². The van der Waals surface area contributed by atoms with Crippen LogP contribution in [0.15, 0.2) is 18.2 Å². The first-order valence-electron chi connectivity index (χ1n) is 4.86. The van der Waals surface area contributed by atoms with Crippen molar-refractivity contribution in [3.63, 3.8) is 0 Å². The SMILES string of the molecule is C[Si](C)(C)OCc1ccc(Cl)cc1[N+](=O)[O-]. The summed E-state index contributed by atoms with van der Waals surface area (Å²) in [5.74, 6) is 0. The molecule has 0 heterocycles. The molecule has 0 amide bonds. The lowest BCUT2D eigenvalue weighted by Crippen LogP contribution is -2.25. The van der Waals surface area contributed by atoms with E-state index in [0.29, 0.717) is 10.6 Å². The Morgan fingerprint density at radius 1 is 1.44 bits per heavy atom. The van der Waals surface area contributed by atoms with E-state index in [-0.39, 0.29) is 12.3 Å². The highest BCUT2D eigenvalue weighted by molar-refractivity contribution is 6.69. The molecule has 0 aromatic heterocycles. The minimum atomic E-state index is -1.67. The molecule has 0 aliphatic rings. The molecule has 0 aliphatic heterocycles. The van der Waals surface area contributed by atoms with Crippen LogP contribution in [0, 0.1) is 10.1 Å². The Bertz CT molecular complexity index is 404. The Labute approximate surface area is 100 Å². The number of nitro benzene ring substituents is 1. The average Bonchev–Trinajstić information content (AvgIpc) is 2.14. The lowest BCUT2D eigenvalue weighted by molar-refractivity contribution is -0.385. The fourth-order valence-electron chi connectivity index (χ4n) is 1.12. The molecule has 0 saturated carbocycles. The summed E-state index contributed by atoms with van der Waals surface area (Å²) in [7, 11) is -1.67. The summed E-state index contributed by atoms with van der Waals surface area (Å²) >= 11 is 5.71. The summed E-state index contributed by atoms with van der Waals surface area (Å²) < 4.78 is 5.64. The van der Waals surface area contributed by atoms with Crippen LogP contribution in [-0.2, 0) is 11.0 Å². The normalized spacial score (nSPS) is 11.5. The van der Waals surface area contributed by atoms with E-state index < -0.39 is 13.2 Å². The van der Waals surface area contributed by atoms with Crippen LogP contribution in [0.3, 0.4) is 0 Å². The fraction of sp³-hybridized carbons (Fsp3) is 0.400. The maximum atomic E-state index is 10.8. The first-order valence-corrected chi connectivity index (χ1v) is 8.65. The number of benzene rings is 1. The Balaban J connectivity index is 2.91. The Hall–Kier alpha value is -0.913. The quantitative estimate of drug-likeness (QED) is 0.472. The van der Waals surface area contributed by atoms with E-state index in [1.165, 1.54) is 6.07 Å². The second-order valence-corrected chi connectivity index (χ2v) is 9.38. The lowest BCUT2D eigenvalue weighted by atomic mass is 10.2. The maximum Gasteiger partial charge on any atom is 0.276 e. The van der Waals surface area contributed by atoms with Crippen LogP contribution in [0.1, 0.15) is 5.56 Å². The number of nitrogens with zero attached hydrogens (tertiary/aromatic N) is 1. The van der Waals surface area contributed by atoms with Crippen molar-refractivity contribution in [1.82, 2.24) is 0 Å². The van der Waals surface area contributed by atoms with Gasteiger partial charge in [-0.3, -0.25) is 10.1 Å². The Kier molecular flexibility index (Phi) is 4.07. The van der Waals surface area contributed by atoms with Gasteiger partial charge in [0.2, 0.25) is 0 Å². The molecule has 0 saturated heterocycles. The monoisotopic (exact) mass is 259 g/mol. The molecule has 6 heteroatoms. The molecular formula is C10H14ClNO3Si. The minimum Gasteiger partial charge on any atom is -0.413 e. The third-order valence-corrected chi connectivity index (χ3v) is 3.15. The van der Waals surface area contributed by atoms with Crippen LogP contribution in [0.5, 0.6) is 0 Å². The van der Waals surface area contributed by atoms with Gasteiger partial charge in [0.05, 0.1) is 17.1 Å². The van der Waals surface area contributed by atoms with Gasteiger partial charge >= 0.3 is 0 Å². The third kappa shape index (κ3) is 3.92. The zero-order valence-electron chi connectivity index (χ0n) is 9.49. The van der Waals surface area contributed by atoms with Crippen molar-refractivity contribution < 1.29 is 9.35 Å². The summed E-state index contributed by atoms with van der Waals surface area (Å²) in [5, 5.41) is 11.2. The molecule has 0 N–H and O–H groups in total. The van der Waals surface area contributed by atoms with E-state index >= 15 is 0 Å². The Morgan fingerprint density at radius 2 is 2.06 bits per heavy atom. The summed E-state index contributed by atoms with van der Waals surface area (Å²) in [4.78, 5) is 10.4. The van der Waals surface area contributed by atoms with E-state index in [4.69, 9.17) is 16.0 Å². The molecule has 88 valence electrons. The molecule has 4 nitrogen and oxygen atoms in total. The van der Waals surface area contributed by atoms with Crippen molar-refractivity contribution in [2.24, 2.45) is 0 Å². The van der Waals surface area contributed by atoms with E-state index in [1.54, 1.807) is 12.1 Å². The molecule has 0 radical (unpaired) electrons. The number of rotatable bonds is 4. The maximum absolute atomic E-state index is 10.8. The van der Waals surface area contributed by atoms with Crippen LogP contribution in [0.4, 0.5) is 5.69 Å². The number of hydrogen-bond donors (Lipinski definition) is 0. The number of halogens is 1. The highest BCUT2D eigenvalue weighted by atomic mass is 35.5. The second-order valence-electron chi connectivity index (χ2n) is 4.43. The van der Waals surface area contributed by atoms with Crippen molar-refractivity contribution in [1.29, 1.82) is 0 Å². The highest BCUT2D eigenvalue weighted by Gasteiger charge is 2.19. The molecule has 1 aromatic rings. The molecule has 16 heavy (non-hydrogen) atoms. The molecule has 1 rings (SSSR count). The van der Waals surface area contributed by atoms with Crippen LogP contribution in [0.2, 0.25) is 24.7 Å². The molecule has 0 spiro atoms. The predicted octanol–water partition coefficient (Wildman–Crippen LogP) is 3.60. The number of hydrogen-bond acceptors (Lipinski definition) is 3. The van der Waals surface area contributed by atoms with Gasteiger partial charge in [-0.1, -0.05) is 11.6 Å². The smallest absolute Gasteiger partial charge is 0.276 e.